The Morgan fingerprint density at radius 2 is 1.90 bits per heavy atom. The second-order valence-corrected chi connectivity index (χ2v) is 7.21. The molecular formula is C21H19Cl2N3O4. The SMILES string of the molecule is COc1cc(C(C)=O)ccc1OCC(=O)Nc1ccnn1Cc1ccc(Cl)cc1Cl. The largest absolute Gasteiger partial charge is 0.493 e. The lowest BCUT2D eigenvalue weighted by Crippen LogP contribution is -2.22. The number of ketones is 1. The molecule has 0 aliphatic rings. The number of ether oxygens (including phenoxy) is 2. The van der Waals surface area contributed by atoms with E-state index in [1.165, 1.54) is 14.0 Å². The number of aromatic nitrogens is 2. The zero-order chi connectivity index (χ0) is 21.7. The Morgan fingerprint density at radius 3 is 2.60 bits per heavy atom. The van der Waals surface area contributed by atoms with E-state index in [1.807, 2.05) is 0 Å². The summed E-state index contributed by atoms with van der Waals surface area (Å²) in [6.45, 7) is 1.57. The monoisotopic (exact) mass is 447 g/mol. The third-order valence-electron chi connectivity index (χ3n) is 4.25. The summed E-state index contributed by atoms with van der Waals surface area (Å²) >= 11 is 12.1. The number of nitrogens with zero attached hydrogens (tertiary/aromatic N) is 2. The highest BCUT2D eigenvalue weighted by Gasteiger charge is 2.13. The van der Waals surface area contributed by atoms with Gasteiger partial charge in [0.05, 0.1) is 19.9 Å². The van der Waals surface area contributed by atoms with E-state index in [0.717, 1.165) is 5.56 Å². The van der Waals surface area contributed by atoms with Crippen molar-refractivity contribution < 1.29 is 19.1 Å². The number of hydrogen-bond donors (Lipinski definition) is 1. The lowest BCUT2D eigenvalue weighted by atomic mass is 10.1. The topological polar surface area (TPSA) is 82.4 Å². The van der Waals surface area contributed by atoms with Crippen LogP contribution in [0.1, 0.15) is 22.8 Å². The molecule has 0 unspecified atom stereocenters. The number of nitrogens with one attached hydrogen (secondary N) is 1. The molecule has 0 atom stereocenters. The van der Waals surface area contributed by atoms with Gasteiger partial charge in [0.15, 0.2) is 23.9 Å². The molecule has 0 bridgehead atoms. The molecule has 0 aliphatic heterocycles. The van der Waals surface area contributed by atoms with Crippen molar-refractivity contribution in [3.8, 4) is 11.5 Å². The molecule has 3 aromatic rings. The second kappa shape index (κ2) is 9.65. The highest BCUT2D eigenvalue weighted by molar-refractivity contribution is 6.35. The Labute approximate surface area is 183 Å². The Balaban J connectivity index is 1.64. The van der Waals surface area contributed by atoms with Crippen LogP contribution in [0.5, 0.6) is 11.5 Å². The summed E-state index contributed by atoms with van der Waals surface area (Å²) in [5.74, 6) is 0.758. The van der Waals surface area contributed by atoms with Gasteiger partial charge in [0.25, 0.3) is 5.91 Å². The normalized spacial score (nSPS) is 10.5. The first-order valence-electron chi connectivity index (χ1n) is 8.94. The van der Waals surface area contributed by atoms with Crippen molar-refractivity contribution in [2.45, 2.75) is 13.5 Å². The van der Waals surface area contributed by atoms with Crippen LogP contribution in [0.15, 0.2) is 48.7 Å². The van der Waals surface area contributed by atoms with Crippen LogP contribution >= 0.6 is 23.2 Å². The van der Waals surface area contributed by atoms with Gasteiger partial charge < -0.3 is 14.8 Å². The van der Waals surface area contributed by atoms with E-state index in [-0.39, 0.29) is 18.3 Å². The average Bonchev–Trinajstić information content (AvgIpc) is 3.14. The summed E-state index contributed by atoms with van der Waals surface area (Å²) in [7, 11) is 1.46. The number of methoxy groups -OCH3 is 1. The quantitative estimate of drug-likeness (QED) is 0.515. The summed E-state index contributed by atoms with van der Waals surface area (Å²) < 4.78 is 12.4. The van der Waals surface area contributed by atoms with Crippen LogP contribution in [-0.2, 0) is 11.3 Å². The maximum atomic E-state index is 12.4. The molecule has 0 aliphatic carbocycles. The predicted molar refractivity (Wildman–Crippen MR) is 115 cm³/mol. The van der Waals surface area contributed by atoms with Gasteiger partial charge in [0.2, 0.25) is 0 Å². The maximum absolute atomic E-state index is 12.4. The van der Waals surface area contributed by atoms with Gasteiger partial charge in [-0.15, -0.1) is 0 Å². The number of Topliss-reactive ketones (excluding diaryl/α,β-unsaturated/α-hetero) is 1. The highest BCUT2D eigenvalue weighted by atomic mass is 35.5. The standard InChI is InChI=1S/C21H19Cl2N3O4/c1-13(27)14-4-6-18(19(9-14)29-2)30-12-21(28)25-20-7-8-24-26(20)11-15-3-5-16(22)10-17(15)23/h3-10H,11-12H2,1-2H3,(H,25,28). The number of halogens is 2. The van der Waals surface area contributed by atoms with Gasteiger partial charge in [-0.3, -0.25) is 9.59 Å². The fourth-order valence-electron chi connectivity index (χ4n) is 2.70. The predicted octanol–water partition coefficient (Wildman–Crippen LogP) is 4.47. The van der Waals surface area contributed by atoms with Crippen LogP contribution in [0.3, 0.4) is 0 Å². The molecule has 7 nitrogen and oxygen atoms in total. The first-order chi connectivity index (χ1) is 14.4. The molecule has 1 heterocycles. The number of anilines is 1. The van der Waals surface area contributed by atoms with E-state index in [2.05, 4.69) is 10.4 Å². The van der Waals surface area contributed by atoms with Crippen molar-refractivity contribution in [2.75, 3.05) is 19.0 Å². The summed E-state index contributed by atoms with van der Waals surface area (Å²) in [6.07, 6.45) is 1.57. The minimum atomic E-state index is -0.378. The summed E-state index contributed by atoms with van der Waals surface area (Å²) in [6, 6.07) is 11.6. The minimum absolute atomic E-state index is 0.0911. The smallest absolute Gasteiger partial charge is 0.263 e. The molecule has 0 saturated carbocycles. The van der Waals surface area contributed by atoms with Gasteiger partial charge in [-0.2, -0.15) is 5.10 Å². The summed E-state index contributed by atoms with van der Waals surface area (Å²) in [5.41, 5.74) is 1.31. The molecule has 2 aromatic carbocycles. The fourth-order valence-corrected chi connectivity index (χ4v) is 3.17. The molecule has 1 amide bonds. The van der Waals surface area contributed by atoms with E-state index >= 15 is 0 Å². The van der Waals surface area contributed by atoms with Gasteiger partial charge in [-0.25, -0.2) is 4.68 Å². The number of carbonyl (C=O) groups is 2. The van der Waals surface area contributed by atoms with Gasteiger partial charge in [-0.1, -0.05) is 29.3 Å². The Hall–Kier alpha value is -3.03. The number of amides is 1. The van der Waals surface area contributed by atoms with Crippen molar-refractivity contribution in [2.24, 2.45) is 0 Å². The van der Waals surface area contributed by atoms with Crippen molar-refractivity contribution in [1.82, 2.24) is 9.78 Å². The number of benzene rings is 2. The Bertz CT molecular complexity index is 1080. The molecule has 0 spiro atoms. The van der Waals surface area contributed by atoms with E-state index in [4.69, 9.17) is 32.7 Å². The van der Waals surface area contributed by atoms with Crippen LogP contribution in [0.4, 0.5) is 5.82 Å². The van der Waals surface area contributed by atoms with Gasteiger partial charge in [0, 0.05) is 21.7 Å². The average molecular weight is 448 g/mol. The van der Waals surface area contributed by atoms with E-state index < -0.39 is 0 Å². The van der Waals surface area contributed by atoms with Gasteiger partial charge >= 0.3 is 0 Å². The molecule has 0 fully saturated rings. The third-order valence-corrected chi connectivity index (χ3v) is 4.84. The highest BCUT2D eigenvalue weighted by Crippen LogP contribution is 2.28. The second-order valence-electron chi connectivity index (χ2n) is 6.37. The molecule has 0 radical (unpaired) electrons. The first kappa shape index (κ1) is 21.7. The number of hydrogen-bond acceptors (Lipinski definition) is 5. The summed E-state index contributed by atoms with van der Waals surface area (Å²) in [5, 5.41) is 8.03. The Morgan fingerprint density at radius 1 is 1.10 bits per heavy atom. The van der Waals surface area contributed by atoms with Crippen LogP contribution in [0.25, 0.3) is 0 Å². The van der Waals surface area contributed by atoms with E-state index in [1.54, 1.807) is 53.3 Å². The number of rotatable bonds is 8. The summed E-state index contributed by atoms with van der Waals surface area (Å²) in [4.78, 5) is 23.8. The van der Waals surface area contributed by atoms with Crippen LogP contribution in [0, 0.1) is 0 Å². The van der Waals surface area contributed by atoms with Crippen molar-refractivity contribution in [3.63, 3.8) is 0 Å². The molecule has 1 aromatic heterocycles. The van der Waals surface area contributed by atoms with Crippen molar-refractivity contribution in [3.05, 3.63) is 69.8 Å². The maximum Gasteiger partial charge on any atom is 0.263 e. The van der Waals surface area contributed by atoms with E-state index in [0.29, 0.717) is 39.5 Å². The number of carbonyl (C=O) groups excluding carboxylic acids is 2. The molecule has 156 valence electrons. The van der Waals surface area contributed by atoms with E-state index in [9.17, 15) is 9.59 Å². The zero-order valence-electron chi connectivity index (χ0n) is 16.3. The lowest BCUT2D eigenvalue weighted by molar-refractivity contribution is -0.118. The fraction of sp³-hybridized carbons (Fsp3) is 0.190. The first-order valence-corrected chi connectivity index (χ1v) is 9.70. The Kier molecular flexibility index (Phi) is 6.97. The minimum Gasteiger partial charge on any atom is -0.493 e. The van der Waals surface area contributed by atoms with Crippen LogP contribution in [0.2, 0.25) is 10.0 Å². The van der Waals surface area contributed by atoms with Crippen molar-refractivity contribution >= 4 is 40.7 Å². The van der Waals surface area contributed by atoms with Gasteiger partial charge in [0.1, 0.15) is 5.82 Å². The molecular weight excluding hydrogens is 429 g/mol. The zero-order valence-corrected chi connectivity index (χ0v) is 17.8. The third kappa shape index (κ3) is 5.31. The molecule has 3 rings (SSSR count). The molecule has 30 heavy (non-hydrogen) atoms. The van der Waals surface area contributed by atoms with Crippen LogP contribution < -0.4 is 14.8 Å². The lowest BCUT2D eigenvalue weighted by Gasteiger charge is -2.13. The molecule has 1 N–H and O–H groups in total. The molecule has 0 saturated heterocycles. The molecule has 9 heteroatoms. The van der Waals surface area contributed by atoms with Crippen molar-refractivity contribution in [1.29, 1.82) is 0 Å². The van der Waals surface area contributed by atoms with Crippen LogP contribution in [-0.4, -0.2) is 35.2 Å². The van der Waals surface area contributed by atoms with Gasteiger partial charge in [-0.05, 0) is 42.8 Å².